The van der Waals surface area contributed by atoms with Crippen LogP contribution in [0.25, 0.3) is 0 Å². The van der Waals surface area contributed by atoms with Crippen molar-refractivity contribution in [1.29, 1.82) is 0 Å². The molecule has 1 unspecified atom stereocenters. The topological polar surface area (TPSA) is 60.8 Å². The summed E-state index contributed by atoms with van der Waals surface area (Å²) in [5.41, 5.74) is 1.13. The average molecular weight is 278 g/mol. The third kappa shape index (κ3) is 1.83. The minimum Gasteiger partial charge on any atom is -0.491 e. The highest BCUT2D eigenvalue weighted by atomic mass is 16.5. The van der Waals surface area contributed by atoms with Crippen molar-refractivity contribution in [3.8, 4) is 5.75 Å². The molecule has 3 heterocycles. The predicted molar refractivity (Wildman–Crippen MR) is 72.4 cm³/mol. The van der Waals surface area contributed by atoms with E-state index in [1.807, 2.05) is 4.57 Å². The van der Waals surface area contributed by atoms with Crippen LogP contribution in [0.3, 0.4) is 0 Å². The average Bonchev–Trinajstić information content (AvgIpc) is 2.83. The Balaban J connectivity index is 2.10. The van der Waals surface area contributed by atoms with E-state index in [2.05, 4.69) is 0 Å². The van der Waals surface area contributed by atoms with Gasteiger partial charge < -0.3 is 18.9 Å². The SMILES string of the molecule is COCCN1CC2CCc3cc(=O)c(OC)c(n32)C1=O. The fourth-order valence-corrected chi connectivity index (χ4v) is 3.16. The lowest BCUT2D eigenvalue weighted by atomic mass is 10.1. The largest absolute Gasteiger partial charge is 0.491 e. The Morgan fingerprint density at radius 1 is 1.35 bits per heavy atom. The van der Waals surface area contributed by atoms with Gasteiger partial charge in [0.05, 0.1) is 19.8 Å². The molecular weight excluding hydrogens is 260 g/mol. The molecule has 0 aromatic carbocycles. The molecule has 0 saturated carbocycles. The molecule has 1 atom stereocenters. The summed E-state index contributed by atoms with van der Waals surface area (Å²) in [5.74, 6) is 0.0174. The molecule has 108 valence electrons. The summed E-state index contributed by atoms with van der Waals surface area (Å²) in [7, 11) is 3.05. The van der Waals surface area contributed by atoms with Crippen LogP contribution in [-0.2, 0) is 11.2 Å². The van der Waals surface area contributed by atoms with Crippen molar-refractivity contribution in [3.63, 3.8) is 0 Å². The van der Waals surface area contributed by atoms with Gasteiger partial charge >= 0.3 is 0 Å². The predicted octanol–water partition coefficient (Wildman–Crippen LogP) is 0.446. The molecule has 0 saturated heterocycles. The first-order valence-corrected chi connectivity index (χ1v) is 6.78. The van der Waals surface area contributed by atoms with E-state index in [9.17, 15) is 9.59 Å². The summed E-state index contributed by atoms with van der Waals surface area (Å²) in [5, 5.41) is 0. The Morgan fingerprint density at radius 3 is 2.85 bits per heavy atom. The summed E-state index contributed by atoms with van der Waals surface area (Å²) in [4.78, 5) is 26.4. The lowest BCUT2D eigenvalue weighted by Crippen LogP contribution is -2.45. The molecule has 0 spiro atoms. The second-order valence-corrected chi connectivity index (χ2v) is 5.19. The molecule has 1 aromatic rings. The fourth-order valence-electron chi connectivity index (χ4n) is 3.16. The Kier molecular flexibility index (Phi) is 3.25. The zero-order valence-electron chi connectivity index (χ0n) is 11.7. The molecule has 20 heavy (non-hydrogen) atoms. The van der Waals surface area contributed by atoms with Crippen molar-refractivity contribution < 1.29 is 14.3 Å². The molecule has 1 amide bonds. The third-order valence-corrected chi connectivity index (χ3v) is 4.08. The summed E-state index contributed by atoms with van der Waals surface area (Å²) in [6.45, 7) is 1.70. The van der Waals surface area contributed by atoms with Gasteiger partial charge in [0.1, 0.15) is 0 Å². The number of hydrogen-bond acceptors (Lipinski definition) is 4. The van der Waals surface area contributed by atoms with Crippen molar-refractivity contribution in [2.24, 2.45) is 0 Å². The molecule has 3 rings (SSSR count). The standard InChI is InChI=1S/C14H18N2O4/c1-19-6-5-15-8-10-4-3-9-7-11(17)13(20-2)12(14(15)18)16(9)10/h7,10H,3-6,8H2,1-2H3. The maximum atomic E-state index is 12.6. The second-order valence-electron chi connectivity index (χ2n) is 5.19. The van der Waals surface area contributed by atoms with Crippen LogP contribution in [0.1, 0.15) is 28.6 Å². The lowest BCUT2D eigenvalue weighted by molar-refractivity contribution is 0.0599. The van der Waals surface area contributed by atoms with E-state index < -0.39 is 0 Å². The normalized spacial score (nSPS) is 20.2. The lowest BCUT2D eigenvalue weighted by Gasteiger charge is -2.34. The van der Waals surface area contributed by atoms with E-state index in [-0.39, 0.29) is 23.1 Å². The van der Waals surface area contributed by atoms with E-state index in [1.165, 1.54) is 7.11 Å². The molecule has 0 bridgehead atoms. The highest BCUT2D eigenvalue weighted by Gasteiger charge is 2.38. The highest BCUT2D eigenvalue weighted by molar-refractivity contribution is 5.96. The monoisotopic (exact) mass is 278 g/mol. The van der Waals surface area contributed by atoms with E-state index in [0.717, 1.165) is 18.5 Å². The minimum atomic E-state index is -0.212. The number of pyridine rings is 1. The molecule has 6 heteroatoms. The van der Waals surface area contributed by atoms with Gasteiger partial charge in [0.25, 0.3) is 5.91 Å². The number of nitrogens with zero attached hydrogens (tertiary/aromatic N) is 2. The van der Waals surface area contributed by atoms with Crippen LogP contribution in [-0.4, -0.2) is 49.3 Å². The van der Waals surface area contributed by atoms with Gasteiger partial charge in [-0.15, -0.1) is 0 Å². The number of rotatable bonds is 4. The van der Waals surface area contributed by atoms with Gasteiger partial charge in [0.2, 0.25) is 5.43 Å². The summed E-state index contributed by atoms with van der Waals surface area (Å²) in [6.07, 6.45) is 1.79. The molecule has 1 aromatic heterocycles. The summed E-state index contributed by atoms with van der Waals surface area (Å²) < 4.78 is 12.2. The van der Waals surface area contributed by atoms with E-state index in [0.29, 0.717) is 25.4 Å². The molecular formula is C14H18N2O4. The van der Waals surface area contributed by atoms with Gasteiger partial charge in [0, 0.05) is 32.0 Å². The van der Waals surface area contributed by atoms with Crippen molar-refractivity contribution in [2.45, 2.75) is 18.9 Å². The summed E-state index contributed by atoms with van der Waals surface area (Å²) in [6, 6.07) is 1.84. The zero-order chi connectivity index (χ0) is 14.3. The minimum absolute atomic E-state index is 0.143. The number of methoxy groups -OCH3 is 2. The van der Waals surface area contributed by atoms with Crippen LogP contribution in [0, 0.1) is 0 Å². The Morgan fingerprint density at radius 2 is 2.15 bits per heavy atom. The Bertz CT molecular complexity index is 608. The second kappa shape index (κ2) is 4.94. The molecule has 0 radical (unpaired) electrons. The van der Waals surface area contributed by atoms with Crippen LogP contribution in [0.4, 0.5) is 0 Å². The first-order valence-electron chi connectivity index (χ1n) is 6.78. The van der Waals surface area contributed by atoms with E-state index >= 15 is 0 Å². The summed E-state index contributed by atoms with van der Waals surface area (Å²) >= 11 is 0. The maximum Gasteiger partial charge on any atom is 0.274 e. The molecule has 0 fully saturated rings. The molecule has 0 N–H and O–H groups in total. The van der Waals surface area contributed by atoms with E-state index in [1.54, 1.807) is 18.1 Å². The number of ether oxygens (including phenoxy) is 2. The number of carbonyl (C=O) groups excluding carboxylic acids is 1. The smallest absolute Gasteiger partial charge is 0.274 e. The Labute approximate surface area is 116 Å². The fraction of sp³-hybridized carbons (Fsp3) is 0.571. The van der Waals surface area contributed by atoms with Crippen LogP contribution >= 0.6 is 0 Å². The van der Waals surface area contributed by atoms with E-state index in [4.69, 9.17) is 9.47 Å². The first-order chi connectivity index (χ1) is 9.67. The van der Waals surface area contributed by atoms with Gasteiger partial charge in [-0.2, -0.15) is 0 Å². The van der Waals surface area contributed by atoms with Crippen molar-refractivity contribution in [1.82, 2.24) is 9.47 Å². The van der Waals surface area contributed by atoms with Gasteiger partial charge in [-0.25, -0.2) is 0 Å². The highest BCUT2D eigenvalue weighted by Crippen LogP contribution is 2.35. The number of carbonyl (C=O) groups is 1. The van der Waals surface area contributed by atoms with Crippen molar-refractivity contribution in [3.05, 3.63) is 27.7 Å². The number of hydrogen-bond donors (Lipinski definition) is 0. The molecule has 2 aliphatic heterocycles. The number of aryl methyl sites for hydroxylation is 1. The third-order valence-electron chi connectivity index (χ3n) is 4.08. The van der Waals surface area contributed by atoms with Crippen LogP contribution in [0.15, 0.2) is 10.9 Å². The maximum absolute atomic E-state index is 12.6. The van der Waals surface area contributed by atoms with Crippen LogP contribution in [0.5, 0.6) is 5.75 Å². The molecule has 6 nitrogen and oxygen atoms in total. The van der Waals surface area contributed by atoms with Gasteiger partial charge in [0.15, 0.2) is 11.4 Å². The van der Waals surface area contributed by atoms with Gasteiger partial charge in [-0.05, 0) is 12.8 Å². The van der Waals surface area contributed by atoms with Gasteiger partial charge in [-0.1, -0.05) is 0 Å². The van der Waals surface area contributed by atoms with Crippen LogP contribution < -0.4 is 10.2 Å². The quantitative estimate of drug-likeness (QED) is 0.802. The zero-order valence-corrected chi connectivity index (χ0v) is 11.7. The molecule has 0 aliphatic carbocycles. The number of amides is 1. The Hall–Kier alpha value is -1.82. The van der Waals surface area contributed by atoms with Crippen molar-refractivity contribution in [2.75, 3.05) is 33.9 Å². The first kappa shape index (κ1) is 13.2. The van der Waals surface area contributed by atoms with Crippen LogP contribution in [0.2, 0.25) is 0 Å². The molecule has 2 aliphatic rings. The van der Waals surface area contributed by atoms with Gasteiger partial charge in [-0.3, -0.25) is 9.59 Å². The van der Waals surface area contributed by atoms with Crippen molar-refractivity contribution >= 4 is 5.91 Å². The number of aromatic nitrogens is 1.